The Balaban J connectivity index is 3.38. The first kappa shape index (κ1) is 88.1. The number of hydrogen-bond acceptors (Lipinski definition) is 5. The fourth-order valence-corrected chi connectivity index (χ4v) is 13.1. The van der Waals surface area contributed by atoms with Crippen molar-refractivity contribution < 1.29 is 24.5 Å². The molecule has 0 bridgehead atoms. The summed E-state index contributed by atoms with van der Waals surface area (Å²) in [6.07, 6.45) is 104. The zero-order valence-corrected chi connectivity index (χ0v) is 61.1. The number of hydrogen-bond donors (Lipinski definition) is 3. The van der Waals surface area contributed by atoms with Crippen LogP contribution in [0.5, 0.6) is 0 Å². The van der Waals surface area contributed by atoms with Gasteiger partial charge in [0.05, 0.1) is 25.4 Å². The van der Waals surface area contributed by atoms with Gasteiger partial charge >= 0.3 is 5.97 Å². The monoisotopic (exact) mass is 1260 g/mol. The number of amides is 1. The Morgan fingerprint density at radius 3 is 0.856 bits per heavy atom. The maximum absolute atomic E-state index is 12.6. The van der Waals surface area contributed by atoms with Crippen LogP contribution in [-0.2, 0) is 14.3 Å². The van der Waals surface area contributed by atoms with Gasteiger partial charge in [0.15, 0.2) is 0 Å². The van der Waals surface area contributed by atoms with Gasteiger partial charge in [0.1, 0.15) is 0 Å². The second-order valence-corrected chi connectivity index (χ2v) is 28.5. The minimum atomic E-state index is -0.666. The standard InChI is InChI=1S/C84H161NO5/c1-3-5-7-9-11-13-15-17-19-21-23-24-34-37-41-44-48-52-56-60-64-68-72-76-82(87)81(80-86)85-83(88)77-73-69-65-61-57-53-49-45-42-38-35-32-30-28-26-25-27-29-31-33-36-39-43-47-51-55-59-63-67-71-75-79-90-84(89)78-74-70-66-62-58-54-50-46-40-22-20-18-16-14-12-10-8-6-4-2/h18,20,27,29,33,36,81-82,86-87H,3-17,19,21-26,28,30-32,34-35,37-80H2,1-2H3,(H,85,88)/b20-18-,29-27-,36-33-. The summed E-state index contributed by atoms with van der Waals surface area (Å²) in [7, 11) is 0. The molecule has 0 saturated heterocycles. The third-order valence-corrected chi connectivity index (χ3v) is 19.4. The molecule has 0 saturated carbocycles. The normalized spacial score (nSPS) is 12.6. The summed E-state index contributed by atoms with van der Waals surface area (Å²) in [6.45, 7) is 5.00. The molecule has 3 N–H and O–H groups in total. The molecule has 2 unspecified atom stereocenters. The molecule has 1 amide bonds. The molecule has 0 aromatic rings. The second-order valence-electron chi connectivity index (χ2n) is 28.5. The van der Waals surface area contributed by atoms with Gasteiger partial charge in [-0.1, -0.05) is 403 Å². The van der Waals surface area contributed by atoms with Crippen LogP contribution in [0, 0.1) is 0 Å². The van der Waals surface area contributed by atoms with Crippen molar-refractivity contribution in [2.45, 2.75) is 475 Å². The molecule has 0 aromatic heterocycles. The molecule has 2 atom stereocenters. The molecule has 0 fully saturated rings. The molecule has 0 aliphatic heterocycles. The summed E-state index contributed by atoms with van der Waals surface area (Å²) < 4.78 is 5.51. The van der Waals surface area contributed by atoms with Crippen LogP contribution in [0.1, 0.15) is 463 Å². The van der Waals surface area contributed by atoms with Crippen LogP contribution in [0.4, 0.5) is 0 Å². The van der Waals surface area contributed by atoms with E-state index in [4.69, 9.17) is 4.74 Å². The minimum absolute atomic E-state index is 0.0138. The quantitative estimate of drug-likeness (QED) is 0.0320. The first-order chi connectivity index (χ1) is 44.5. The molecule has 6 heteroatoms. The fraction of sp³-hybridized carbons (Fsp3) is 0.905. The Morgan fingerprint density at radius 1 is 0.311 bits per heavy atom. The Labute approximate surface area is 564 Å². The van der Waals surface area contributed by atoms with Crippen LogP contribution >= 0.6 is 0 Å². The van der Waals surface area contributed by atoms with Crippen LogP contribution in [-0.4, -0.2) is 47.4 Å². The topological polar surface area (TPSA) is 95.9 Å². The zero-order chi connectivity index (χ0) is 64.9. The molecule has 0 rings (SSSR count). The van der Waals surface area contributed by atoms with Gasteiger partial charge in [-0.25, -0.2) is 0 Å². The first-order valence-corrected chi connectivity index (χ1v) is 41.2. The van der Waals surface area contributed by atoms with E-state index in [1.165, 1.54) is 379 Å². The molecular formula is C84H161NO5. The molecule has 0 heterocycles. The Hall–Kier alpha value is -1.92. The van der Waals surface area contributed by atoms with E-state index in [1.54, 1.807) is 0 Å². The largest absolute Gasteiger partial charge is 0.466 e. The number of aliphatic hydroxyl groups is 2. The number of rotatable bonds is 78. The third kappa shape index (κ3) is 75.1. The number of esters is 1. The van der Waals surface area contributed by atoms with E-state index in [9.17, 15) is 19.8 Å². The molecule has 0 aromatic carbocycles. The maximum atomic E-state index is 12.6. The van der Waals surface area contributed by atoms with Crippen molar-refractivity contribution in [1.82, 2.24) is 5.32 Å². The predicted molar refractivity (Wildman–Crippen MR) is 398 cm³/mol. The summed E-state index contributed by atoms with van der Waals surface area (Å²) in [4.78, 5) is 24.7. The third-order valence-electron chi connectivity index (χ3n) is 19.4. The van der Waals surface area contributed by atoms with Crippen LogP contribution in [0.15, 0.2) is 36.5 Å². The molecule has 0 aliphatic carbocycles. The van der Waals surface area contributed by atoms with E-state index in [2.05, 4.69) is 55.6 Å². The Morgan fingerprint density at radius 2 is 0.556 bits per heavy atom. The lowest BCUT2D eigenvalue weighted by atomic mass is 10.0. The van der Waals surface area contributed by atoms with Gasteiger partial charge in [-0.05, 0) is 83.5 Å². The average Bonchev–Trinajstić information content (AvgIpc) is 3.59. The van der Waals surface area contributed by atoms with E-state index in [0.717, 1.165) is 51.4 Å². The number of nitrogens with one attached hydrogen (secondary N) is 1. The van der Waals surface area contributed by atoms with Crippen molar-refractivity contribution in [3.63, 3.8) is 0 Å². The van der Waals surface area contributed by atoms with E-state index < -0.39 is 12.1 Å². The minimum Gasteiger partial charge on any atom is -0.466 e. The summed E-state index contributed by atoms with van der Waals surface area (Å²) in [6, 6.07) is -0.543. The number of unbranched alkanes of at least 4 members (excludes halogenated alkanes) is 61. The van der Waals surface area contributed by atoms with Crippen molar-refractivity contribution in [3.8, 4) is 0 Å². The van der Waals surface area contributed by atoms with Crippen LogP contribution in [0.3, 0.4) is 0 Å². The van der Waals surface area contributed by atoms with Gasteiger partial charge in [0.2, 0.25) is 5.91 Å². The van der Waals surface area contributed by atoms with E-state index >= 15 is 0 Å². The van der Waals surface area contributed by atoms with Gasteiger partial charge in [-0.15, -0.1) is 0 Å². The van der Waals surface area contributed by atoms with Crippen molar-refractivity contribution in [3.05, 3.63) is 36.5 Å². The molecule has 0 aliphatic rings. The van der Waals surface area contributed by atoms with Crippen molar-refractivity contribution in [2.75, 3.05) is 13.2 Å². The SMILES string of the molecule is CCCCCCCC/C=C\CCCCCCCCCCCC(=O)OCCCCCCCCCCC/C=C\C/C=C\CCCCCCCCCCCCCCCCCC(=O)NC(CO)C(O)CCCCCCCCCCCCCCCCCCCCCCCCC. The Bertz CT molecular complexity index is 1460. The summed E-state index contributed by atoms with van der Waals surface area (Å²) in [5, 5.41) is 23.5. The van der Waals surface area contributed by atoms with E-state index in [1.807, 2.05) is 0 Å². The smallest absolute Gasteiger partial charge is 0.305 e. The number of allylic oxidation sites excluding steroid dienone is 6. The number of carbonyl (C=O) groups excluding carboxylic acids is 2. The van der Waals surface area contributed by atoms with E-state index in [-0.39, 0.29) is 18.5 Å². The summed E-state index contributed by atoms with van der Waals surface area (Å²) in [5.74, 6) is -0.0152. The van der Waals surface area contributed by atoms with E-state index in [0.29, 0.717) is 25.9 Å². The highest BCUT2D eigenvalue weighted by atomic mass is 16.5. The number of aliphatic hydroxyl groups excluding tert-OH is 2. The molecule has 90 heavy (non-hydrogen) atoms. The summed E-state index contributed by atoms with van der Waals surface area (Å²) in [5.41, 5.74) is 0. The number of carbonyl (C=O) groups is 2. The van der Waals surface area contributed by atoms with Crippen LogP contribution in [0.25, 0.3) is 0 Å². The summed E-state index contributed by atoms with van der Waals surface area (Å²) >= 11 is 0. The lowest BCUT2D eigenvalue weighted by Crippen LogP contribution is -2.45. The van der Waals surface area contributed by atoms with Gasteiger partial charge in [-0.2, -0.15) is 0 Å². The Kier molecular flexibility index (Phi) is 77.8. The molecule has 0 spiro atoms. The average molecular weight is 1270 g/mol. The van der Waals surface area contributed by atoms with Crippen LogP contribution in [0.2, 0.25) is 0 Å². The highest BCUT2D eigenvalue weighted by molar-refractivity contribution is 5.76. The van der Waals surface area contributed by atoms with Crippen molar-refractivity contribution in [1.29, 1.82) is 0 Å². The zero-order valence-electron chi connectivity index (χ0n) is 61.1. The molecular weight excluding hydrogens is 1100 g/mol. The van der Waals surface area contributed by atoms with Gasteiger partial charge in [0, 0.05) is 12.8 Å². The van der Waals surface area contributed by atoms with Gasteiger partial charge < -0.3 is 20.3 Å². The molecule has 0 radical (unpaired) electrons. The maximum Gasteiger partial charge on any atom is 0.305 e. The van der Waals surface area contributed by atoms with Crippen molar-refractivity contribution in [2.24, 2.45) is 0 Å². The second kappa shape index (κ2) is 79.5. The predicted octanol–water partition coefficient (Wildman–Crippen LogP) is 27.4. The van der Waals surface area contributed by atoms with Gasteiger partial charge in [-0.3, -0.25) is 9.59 Å². The van der Waals surface area contributed by atoms with Gasteiger partial charge in [0.25, 0.3) is 0 Å². The number of ether oxygens (including phenoxy) is 1. The highest BCUT2D eigenvalue weighted by Crippen LogP contribution is 2.20. The first-order valence-electron chi connectivity index (χ1n) is 41.2. The fourth-order valence-electron chi connectivity index (χ4n) is 13.1. The lowest BCUT2D eigenvalue weighted by Gasteiger charge is -2.22. The molecule has 532 valence electrons. The van der Waals surface area contributed by atoms with Crippen LogP contribution < -0.4 is 5.32 Å². The molecule has 6 nitrogen and oxygen atoms in total. The van der Waals surface area contributed by atoms with Crippen molar-refractivity contribution >= 4 is 11.9 Å². The highest BCUT2D eigenvalue weighted by Gasteiger charge is 2.20. The lowest BCUT2D eigenvalue weighted by molar-refractivity contribution is -0.143.